The molecule has 0 saturated heterocycles. The highest BCUT2D eigenvalue weighted by molar-refractivity contribution is 6.32. The SMILES string of the molecule is CC(C)CNCc1ccc(OCC(O)CO)c(Cl)c1. The molecule has 1 atom stereocenters. The van der Waals surface area contributed by atoms with E-state index in [2.05, 4.69) is 19.2 Å². The molecule has 0 spiro atoms. The third-order valence-electron chi connectivity index (χ3n) is 2.52. The van der Waals surface area contributed by atoms with Gasteiger partial charge in [0.05, 0.1) is 11.6 Å². The second-order valence-corrected chi connectivity index (χ2v) is 5.34. The Morgan fingerprint density at radius 3 is 2.68 bits per heavy atom. The molecule has 0 saturated carbocycles. The monoisotopic (exact) mass is 287 g/mol. The maximum Gasteiger partial charge on any atom is 0.138 e. The van der Waals surface area contributed by atoms with E-state index in [1.807, 2.05) is 12.1 Å². The Morgan fingerprint density at radius 1 is 1.37 bits per heavy atom. The van der Waals surface area contributed by atoms with Gasteiger partial charge >= 0.3 is 0 Å². The molecule has 0 bridgehead atoms. The molecular formula is C14H22ClNO3. The van der Waals surface area contributed by atoms with Crippen LogP contribution in [0.2, 0.25) is 5.02 Å². The molecule has 0 amide bonds. The minimum atomic E-state index is -0.886. The minimum Gasteiger partial charge on any atom is -0.489 e. The molecule has 4 nitrogen and oxygen atoms in total. The van der Waals surface area contributed by atoms with Crippen LogP contribution in [0.25, 0.3) is 0 Å². The van der Waals surface area contributed by atoms with E-state index >= 15 is 0 Å². The van der Waals surface area contributed by atoms with Gasteiger partial charge in [-0.05, 0) is 30.2 Å². The summed E-state index contributed by atoms with van der Waals surface area (Å²) < 4.78 is 5.32. The fourth-order valence-electron chi connectivity index (χ4n) is 1.52. The number of hydrogen-bond acceptors (Lipinski definition) is 4. The zero-order valence-electron chi connectivity index (χ0n) is 11.4. The standard InChI is InChI=1S/C14H22ClNO3/c1-10(2)6-16-7-11-3-4-14(13(15)5-11)19-9-12(18)8-17/h3-5,10,12,16-18H,6-9H2,1-2H3. The van der Waals surface area contributed by atoms with Crippen LogP contribution in [0.1, 0.15) is 19.4 Å². The lowest BCUT2D eigenvalue weighted by Crippen LogP contribution is -2.21. The number of halogens is 1. The number of ether oxygens (including phenoxy) is 1. The Bertz CT molecular complexity index is 385. The van der Waals surface area contributed by atoms with Crippen LogP contribution in [0.15, 0.2) is 18.2 Å². The van der Waals surface area contributed by atoms with Gasteiger partial charge in [-0.1, -0.05) is 31.5 Å². The number of nitrogens with one attached hydrogen (secondary N) is 1. The van der Waals surface area contributed by atoms with Crippen LogP contribution in [0, 0.1) is 5.92 Å². The highest BCUT2D eigenvalue weighted by Gasteiger charge is 2.07. The highest BCUT2D eigenvalue weighted by atomic mass is 35.5. The molecule has 19 heavy (non-hydrogen) atoms. The number of aliphatic hydroxyl groups excluding tert-OH is 2. The molecule has 1 rings (SSSR count). The van der Waals surface area contributed by atoms with Gasteiger partial charge in [0.25, 0.3) is 0 Å². The van der Waals surface area contributed by atoms with Gasteiger partial charge in [0.1, 0.15) is 18.5 Å². The molecular weight excluding hydrogens is 266 g/mol. The van der Waals surface area contributed by atoms with E-state index < -0.39 is 6.10 Å². The zero-order chi connectivity index (χ0) is 14.3. The Balaban J connectivity index is 2.49. The van der Waals surface area contributed by atoms with E-state index in [0.29, 0.717) is 16.7 Å². The van der Waals surface area contributed by atoms with Crippen LogP contribution >= 0.6 is 11.6 Å². The molecule has 0 heterocycles. The van der Waals surface area contributed by atoms with Gasteiger partial charge in [-0.15, -0.1) is 0 Å². The Kier molecular flexibility index (Phi) is 7.16. The van der Waals surface area contributed by atoms with Crippen molar-refractivity contribution in [2.24, 2.45) is 5.92 Å². The molecule has 1 unspecified atom stereocenters. The molecule has 0 aliphatic rings. The molecule has 1 aromatic carbocycles. The van der Waals surface area contributed by atoms with Crippen LogP contribution in [-0.2, 0) is 6.54 Å². The molecule has 0 aliphatic heterocycles. The van der Waals surface area contributed by atoms with Crippen molar-refractivity contribution in [1.82, 2.24) is 5.32 Å². The maximum absolute atomic E-state index is 9.20. The molecule has 0 aliphatic carbocycles. The predicted octanol–water partition coefficient (Wildman–Crippen LogP) is 1.82. The van der Waals surface area contributed by atoms with E-state index in [4.69, 9.17) is 21.4 Å². The van der Waals surface area contributed by atoms with Gasteiger partial charge in [-0.25, -0.2) is 0 Å². The normalized spacial score (nSPS) is 12.7. The summed E-state index contributed by atoms with van der Waals surface area (Å²) in [4.78, 5) is 0. The molecule has 108 valence electrons. The van der Waals surface area contributed by atoms with Gasteiger partial charge in [-0.2, -0.15) is 0 Å². The molecule has 5 heteroatoms. The van der Waals surface area contributed by atoms with Crippen LogP contribution in [0.4, 0.5) is 0 Å². The first kappa shape index (κ1) is 16.2. The van der Waals surface area contributed by atoms with E-state index in [0.717, 1.165) is 18.7 Å². The van der Waals surface area contributed by atoms with E-state index in [1.165, 1.54) is 0 Å². The van der Waals surface area contributed by atoms with Crippen molar-refractivity contribution >= 4 is 11.6 Å². The van der Waals surface area contributed by atoms with Crippen molar-refractivity contribution in [3.05, 3.63) is 28.8 Å². The van der Waals surface area contributed by atoms with Crippen LogP contribution < -0.4 is 10.1 Å². The predicted molar refractivity (Wildman–Crippen MR) is 76.6 cm³/mol. The third-order valence-corrected chi connectivity index (χ3v) is 2.82. The Hall–Kier alpha value is -0.810. The van der Waals surface area contributed by atoms with Crippen molar-refractivity contribution in [2.75, 3.05) is 19.8 Å². The van der Waals surface area contributed by atoms with Gasteiger partial charge in [0.2, 0.25) is 0 Å². The summed E-state index contributed by atoms with van der Waals surface area (Å²) in [5, 5.41) is 21.7. The van der Waals surface area contributed by atoms with Crippen molar-refractivity contribution < 1.29 is 14.9 Å². The zero-order valence-corrected chi connectivity index (χ0v) is 12.2. The fourth-order valence-corrected chi connectivity index (χ4v) is 1.77. The van der Waals surface area contributed by atoms with Crippen molar-refractivity contribution in [2.45, 2.75) is 26.5 Å². The molecule has 3 N–H and O–H groups in total. The lowest BCUT2D eigenvalue weighted by atomic mass is 10.2. The van der Waals surface area contributed by atoms with Gasteiger partial charge < -0.3 is 20.3 Å². The number of aliphatic hydroxyl groups is 2. The van der Waals surface area contributed by atoms with Crippen molar-refractivity contribution in [3.8, 4) is 5.75 Å². The second-order valence-electron chi connectivity index (χ2n) is 4.94. The minimum absolute atomic E-state index is 0.0289. The number of rotatable bonds is 8. The van der Waals surface area contributed by atoms with E-state index in [9.17, 15) is 5.11 Å². The van der Waals surface area contributed by atoms with Crippen LogP contribution in [-0.4, -0.2) is 36.1 Å². The lowest BCUT2D eigenvalue weighted by Gasteiger charge is -2.12. The number of benzene rings is 1. The van der Waals surface area contributed by atoms with E-state index in [-0.39, 0.29) is 13.2 Å². The maximum atomic E-state index is 9.20. The quantitative estimate of drug-likeness (QED) is 0.682. The first-order valence-corrected chi connectivity index (χ1v) is 6.81. The third kappa shape index (κ3) is 6.25. The average molecular weight is 288 g/mol. The summed E-state index contributed by atoms with van der Waals surface area (Å²) in [5.41, 5.74) is 1.08. The van der Waals surface area contributed by atoms with Crippen LogP contribution in [0.5, 0.6) is 5.75 Å². The van der Waals surface area contributed by atoms with Gasteiger partial charge in [0, 0.05) is 6.54 Å². The Morgan fingerprint density at radius 2 is 2.11 bits per heavy atom. The first-order chi connectivity index (χ1) is 9.02. The summed E-state index contributed by atoms with van der Waals surface area (Å²) in [7, 11) is 0. The first-order valence-electron chi connectivity index (χ1n) is 6.43. The topological polar surface area (TPSA) is 61.7 Å². The van der Waals surface area contributed by atoms with Gasteiger partial charge in [0.15, 0.2) is 0 Å². The van der Waals surface area contributed by atoms with Crippen molar-refractivity contribution in [3.63, 3.8) is 0 Å². The summed E-state index contributed by atoms with van der Waals surface area (Å²) in [6.45, 7) is 5.73. The Labute approximate surface area is 119 Å². The summed E-state index contributed by atoms with van der Waals surface area (Å²) in [6, 6.07) is 5.55. The lowest BCUT2D eigenvalue weighted by molar-refractivity contribution is 0.0536. The molecule has 0 fully saturated rings. The molecule has 0 aromatic heterocycles. The fraction of sp³-hybridized carbons (Fsp3) is 0.571. The number of hydrogen-bond donors (Lipinski definition) is 3. The van der Waals surface area contributed by atoms with Crippen molar-refractivity contribution in [1.29, 1.82) is 0 Å². The smallest absolute Gasteiger partial charge is 0.138 e. The molecule has 1 aromatic rings. The molecule has 0 radical (unpaired) electrons. The summed E-state index contributed by atoms with van der Waals surface area (Å²) in [6.07, 6.45) is -0.886. The summed E-state index contributed by atoms with van der Waals surface area (Å²) >= 11 is 6.10. The highest BCUT2D eigenvalue weighted by Crippen LogP contribution is 2.25. The summed E-state index contributed by atoms with van der Waals surface area (Å²) in [5.74, 6) is 1.12. The van der Waals surface area contributed by atoms with E-state index in [1.54, 1.807) is 6.07 Å². The average Bonchev–Trinajstić information content (AvgIpc) is 2.37. The largest absolute Gasteiger partial charge is 0.489 e. The second kappa shape index (κ2) is 8.38. The van der Waals surface area contributed by atoms with Gasteiger partial charge in [-0.3, -0.25) is 0 Å². The van der Waals surface area contributed by atoms with Crippen LogP contribution in [0.3, 0.4) is 0 Å².